The number of rotatable bonds is 3. The molecule has 0 radical (unpaired) electrons. The average molecular weight is 203 g/mol. The van der Waals surface area contributed by atoms with Crippen molar-refractivity contribution in [3.63, 3.8) is 0 Å². The van der Waals surface area contributed by atoms with Crippen molar-refractivity contribution in [3.8, 4) is 0 Å². The number of fused-ring (bicyclic) bond motifs is 1. The lowest BCUT2D eigenvalue weighted by molar-refractivity contribution is 0.112. The van der Waals surface area contributed by atoms with Crippen molar-refractivity contribution in [1.82, 2.24) is 15.0 Å². The molecule has 0 bridgehead atoms. The molecule has 4 nitrogen and oxygen atoms in total. The van der Waals surface area contributed by atoms with Gasteiger partial charge in [0.05, 0.1) is 11.1 Å². The molecule has 15 heavy (non-hydrogen) atoms. The van der Waals surface area contributed by atoms with Crippen molar-refractivity contribution >= 4 is 17.3 Å². The summed E-state index contributed by atoms with van der Waals surface area (Å²) in [6, 6.07) is 0. The first-order valence-corrected chi connectivity index (χ1v) is 4.98. The van der Waals surface area contributed by atoms with Gasteiger partial charge in [0, 0.05) is 11.8 Å². The topological polar surface area (TPSA) is 58.6 Å². The highest BCUT2D eigenvalue weighted by Gasteiger charge is 2.11. The van der Waals surface area contributed by atoms with Crippen molar-refractivity contribution in [3.05, 3.63) is 23.8 Å². The van der Waals surface area contributed by atoms with Crippen LogP contribution in [-0.2, 0) is 6.42 Å². The number of nitrogens with zero attached hydrogens (tertiary/aromatic N) is 2. The SMILES string of the molecule is CC(C)Cc1ncnc2[nH]cc(C=O)c12. The van der Waals surface area contributed by atoms with Gasteiger partial charge in [0.1, 0.15) is 12.0 Å². The third kappa shape index (κ3) is 1.75. The molecule has 0 atom stereocenters. The molecule has 0 aromatic carbocycles. The zero-order valence-corrected chi connectivity index (χ0v) is 8.82. The van der Waals surface area contributed by atoms with Crippen LogP contribution in [0.15, 0.2) is 12.5 Å². The lowest BCUT2D eigenvalue weighted by Crippen LogP contribution is -1.99. The van der Waals surface area contributed by atoms with Crippen LogP contribution in [0.2, 0.25) is 0 Å². The Bertz CT molecular complexity index is 488. The summed E-state index contributed by atoms with van der Waals surface area (Å²) in [6.07, 6.45) is 4.91. The van der Waals surface area contributed by atoms with E-state index in [1.807, 2.05) is 0 Å². The fraction of sp³-hybridized carbons (Fsp3) is 0.364. The van der Waals surface area contributed by atoms with Crippen LogP contribution in [0.1, 0.15) is 29.9 Å². The Balaban J connectivity index is 2.61. The fourth-order valence-corrected chi connectivity index (χ4v) is 1.69. The summed E-state index contributed by atoms with van der Waals surface area (Å²) in [5.41, 5.74) is 2.32. The number of H-pyrrole nitrogens is 1. The van der Waals surface area contributed by atoms with E-state index in [-0.39, 0.29) is 0 Å². The highest BCUT2D eigenvalue weighted by atomic mass is 16.1. The fourth-order valence-electron chi connectivity index (χ4n) is 1.69. The highest BCUT2D eigenvalue weighted by molar-refractivity contribution is 5.96. The van der Waals surface area contributed by atoms with E-state index in [1.165, 1.54) is 6.33 Å². The number of hydrogen-bond donors (Lipinski definition) is 1. The van der Waals surface area contributed by atoms with E-state index < -0.39 is 0 Å². The van der Waals surface area contributed by atoms with E-state index in [4.69, 9.17) is 0 Å². The Hall–Kier alpha value is -1.71. The molecule has 78 valence electrons. The van der Waals surface area contributed by atoms with Crippen molar-refractivity contribution in [1.29, 1.82) is 0 Å². The molecule has 0 fully saturated rings. The molecule has 0 spiro atoms. The number of nitrogens with one attached hydrogen (secondary N) is 1. The molecule has 2 rings (SSSR count). The van der Waals surface area contributed by atoms with Crippen LogP contribution < -0.4 is 0 Å². The first-order valence-electron chi connectivity index (χ1n) is 4.98. The largest absolute Gasteiger partial charge is 0.345 e. The highest BCUT2D eigenvalue weighted by Crippen LogP contribution is 2.19. The number of aromatic amines is 1. The summed E-state index contributed by atoms with van der Waals surface area (Å²) in [4.78, 5) is 22.1. The maximum Gasteiger partial charge on any atom is 0.152 e. The zero-order chi connectivity index (χ0) is 10.8. The molecule has 0 aliphatic heterocycles. The van der Waals surface area contributed by atoms with Crippen molar-refractivity contribution in [2.75, 3.05) is 0 Å². The summed E-state index contributed by atoms with van der Waals surface area (Å²) in [5, 5.41) is 0.862. The second-order valence-corrected chi connectivity index (χ2v) is 4.00. The lowest BCUT2D eigenvalue weighted by atomic mass is 10.0. The summed E-state index contributed by atoms with van der Waals surface area (Å²) in [7, 11) is 0. The van der Waals surface area contributed by atoms with Gasteiger partial charge >= 0.3 is 0 Å². The Labute approximate surface area is 87.7 Å². The third-order valence-corrected chi connectivity index (χ3v) is 2.31. The van der Waals surface area contributed by atoms with Gasteiger partial charge in [-0.25, -0.2) is 9.97 Å². The normalized spacial score (nSPS) is 11.1. The summed E-state index contributed by atoms with van der Waals surface area (Å²) >= 11 is 0. The number of hydrogen-bond acceptors (Lipinski definition) is 3. The smallest absolute Gasteiger partial charge is 0.152 e. The standard InChI is InChI=1S/C11H13N3O/c1-7(2)3-9-10-8(5-15)4-12-11(10)14-6-13-9/h4-7H,3H2,1-2H3,(H,12,13,14). The molecule has 1 N–H and O–H groups in total. The van der Waals surface area contributed by atoms with E-state index >= 15 is 0 Å². The van der Waals surface area contributed by atoms with Gasteiger partial charge in [-0.2, -0.15) is 0 Å². The monoisotopic (exact) mass is 203 g/mol. The Morgan fingerprint density at radius 3 is 2.93 bits per heavy atom. The van der Waals surface area contributed by atoms with Gasteiger partial charge in [0.25, 0.3) is 0 Å². The molecule has 0 aliphatic rings. The summed E-state index contributed by atoms with van der Waals surface area (Å²) in [6.45, 7) is 4.25. The first-order chi connectivity index (χ1) is 7.22. The molecule has 0 saturated heterocycles. The molecule has 2 aromatic heterocycles. The predicted octanol–water partition coefficient (Wildman–Crippen LogP) is 1.97. The van der Waals surface area contributed by atoms with Crippen LogP contribution in [0.4, 0.5) is 0 Å². The molecule has 0 saturated carbocycles. The minimum absolute atomic E-state index is 0.512. The second-order valence-electron chi connectivity index (χ2n) is 4.00. The molecule has 0 unspecified atom stereocenters. The number of aldehydes is 1. The van der Waals surface area contributed by atoms with Gasteiger partial charge in [0.2, 0.25) is 0 Å². The van der Waals surface area contributed by atoms with Crippen molar-refractivity contribution in [2.24, 2.45) is 5.92 Å². The maximum atomic E-state index is 10.8. The molecular weight excluding hydrogens is 190 g/mol. The van der Waals surface area contributed by atoms with Gasteiger partial charge < -0.3 is 4.98 Å². The second kappa shape index (κ2) is 3.81. The van der Waals surface area contributed by atoms with Gasteiger partial charge in [-0.15, -0.1) is 0 Å². The van der Waals surface area contributed by atoms with Crippen LogP contribution in [0.3, 0.4) is 0 Å². The van der Waals surface area contributed by atoms with Crippen LogP contribution in [0.25, 0.3) is 11.0 Å². The predicted molar refractivity (Wildman–Crippen MR) is 57.8 cm³/mol. The molecular formula is C11H13N3O. The minimum atomic E-state index is 0.512. The average Bonchev–Trinajstić information content (AvgIpc) is 2.61. The quantitative estimate of drug-likeness (QED) is 0.776. The molecule has 2 heterocycles. The van der Waals surface area contributed by atoms with Crippen LogP contribution >= 0.6 is 0 Å². The van der Waals surface area contributed by atoms with Gasteiger partial charge in [-0.1, -0.05) is 13.8 Å². The van der Waals surface area contributed by atoms with E-state index in [2.05, 4.69) is 28.8 Å². The van der Waals surface area contributed by atoms with E-state index in [0.717, 1.165) is 29.4 Å². The minimum Gasteiger partial charge on any atom is -0.345 e. The first kappa shape index (κ1) is 9.83. The summed E-state index contributed by atoms with van der Waals surface area (Å²) in [5.74, 6) is 0.512. The van der Waals surface area contributed by atoms with E-state index in [1.54, 1.807) is 6.20 Å². The molecule has 2 aromatic rings. The molecule has 0 amide bonds. The number of carbonyl (C=O) groups excluding carboxylic acids is 1. The van der Waals surface area contributed by atoms with Crippen molar-refractivity contribution in [2.45, 2.75) is 20.3 Å². The van der Waals surface area contributed by atoms with Crippen LogP contribution in [0, 0.1) is 5.92 Å². The number of aromatic nitrogens is 3. The Morgan fingerprint density at radius 1 is 1.47 bits per heavy atom. The Morgan fingerprint density at radius 2 is 2.27 bits per heavy atom. The maximum absolute atomic E-state index is 10.8. The van der Waals surface area contributed by atoms with E-state index in [0.29, 0.717) is 11.5 Å². The Kier molecular flexibility index (Phi) is 2.49. The van der Waals surface area contributed by atoms with Crippen LogP contribution in [-0.4, -0.2) is 21.2 Å². The van der Waals surface area contributed by atoms with Crippen LogP contribution in [0.5, 0.6) is 0 Å². The zero-order valence-electron chi connectivity index (χ0n) is 8.82. The molecule has 0 aliphatic carbocycles. The van der Waals surface area contributed by atoms with Gasteiger partial charge in [-0.3, -0.25) is 4.79 Å². The van der Waals surface area contributed by atoms with Gasteiger partial charge in [-0.05, 0) is 12.3 Å². The summed E-state index contributed by atoms with van der Waals surface area (Å²) < 4.78 is 0. The number of carbonyl (C=O) groups is 1. The van der Waals surface area contributed by atoms with E-state index in [9.17, 15) is 4.79 Å². The molecule has 4 heteroatoms. The third-order valence-electron chi connectivity index (χ3n) is 2.31. The van der Waals surface area contributed by atoms with Crippen molar-refractivity contribution < 1.29 is 4.79 Å². The van der Waals surface area contributed by atoms with Gasteiger partial charge in [0.15, 0.2) is 6.29 Å². The lowest BCUT2D eigenvalue weighted by Gasteiger charge is -2.04.